The predicted octanol–water partition coefficient (Wildman–Crippen LogP) is 1.01. The second-order valence-electron chi connectivity index (χ2n) is 3.81. The lowest BCUT2D eigenvalue weighted by atomic mass is 9.97. The summed E-state index contributed by atoms with van der Waals surface area (Å²) >= 11 is 4.06. The summed E-state index contributed by atoms with van der Waals surface area (Å²) in [6, 6.07) is -0.0279. The number of carbonyl (C=O) groups is 1. The quantitative estimate of drug-likeness (QED) is 0.652. The number of thiol groups is 1. The smallest absolute Gasteiger partial charge is 0.237 e. The van der Waals surface area contributed by atoms with Crippen LogP contribution in [0.25, 0.3) is 0 Å². The molecule has 0 aliphatic rings. The summed E-state index contributed by atoms with van der Waals surface area (Å²) in [7, 11) is 3.88. The van der Waals surface area contributed by atoms with Crippen LogP contribution < -0.4 is 5.32 Å². The van der Waals surface area contributed by atoms with Crippen LogP contribution >= 0.6 is 12.6 Å². The van der Waals surface area contributed by atoms with Gasteiger partial charge in [-0.25, -0.2) is 0 Å². The second-order valence-corrected chi connectivity index (χ2v) is 4.26. The van der Waals surface area contributed by atoms with Gasteiger partial charge in [0.25, 0.3) is 0 Å². The molecule has 1 amide bonds. The molecule has 0 aliphatic heterocycles. The fourth-order valence-electron chi connectivity index (χ4n) is 1.51. The van der Waals surface area contributed by atoms with Crippen molar-refractivity contribution in [3.05, 3.63) is 0 Å². The molecule has 4 heteroatoms. The van der Waals surface area contributed by atoms with Crippen LogP contribution in [0, 0.1) is 5.92 Å². The number of hydrogen-bond acceptors (Lipinski definition) is 3. The molecule has 0 saturated heterocycles. The van der Waals surface area contributed by atoms with Crippen molar-refractivity contribution in [3.63, 3.8) is 0 Å². The van der Waals surface area contributed by atoms with Gasteiger partial charge in [-0.1, -0.05) is 20.3 Å². The van der Waals surface area contributed by atoms with E-state index in [0.29, 0.717) is 18.2 Å². The van der Waals surface area contributed by atoms with Gasteiger partial charge in [0, 0.05) is 12.3 Å². The van der Waals surface area contributed by atoms with Crippen LogP contribution in [0.3, 0.4) is 0 Å². The lowest BCUT2D eigenvalue weighted by Gasteiger charge is -2.28. The molecule has 0 aromatic carbocycles. The lowest BCUT2D eigenvalue weighted by molar-refractivity contribution is -0.127. The van der Waals surface area contributed by atoms with Gasteiger partial charge in [-0.05, 0) is 20.0 Å². The number of carbonyl (C=O) groups excluding carboxylic acids is 1. The normalized spacial score (nSPS) is 15.3. The molecule has 14 heavy (non-hydrogen) atoms. The van der Waals surface area contributed by atoms with Gasteiger partial charge in [0.05, 0.1) is 6.04 Å². The highest BCUT2D eigenvalue weighted by molar-refractivity contribution is 7.80. The average molecular weight is 218 g/mol. The Balaban J connectivity index is 4.26. The minimum absolute atomic E-state index is 0.0279. The molecular formula is C10H22N2OS. The molecule has 0 spiro atoms. The molecule has 0 bridgehead atoms. The zero-order valence-corrected chi connectivity index (χ0v) is 10.5. The molecule has 0 rings (SSSR count). The Morgan fingerprint density at radius 1 is 1.50 bits per heavy atom. The Labute approximate surface area is 92.7 Å². The summed E-state index contributed by atoms with van der Waals surface area (Å²) in [5.41, 5.74) is 0. The van der Waals surface area contributed by atoms with Crippen LogP contribution in [0.15, 0.2) is 0 Å². The number of rotatable bonds is 6. The fourth-order valence-corrected chi connectivity index (χ4v) is 1.62. The molecule has 0 fully saturated rings. The van der Waals surface area contributed by atoms with Crippen LogP contribution in [0.5, 0.6) is 0 Å². The zero-order chi connectivity index (χ0) is 11.1. The minimum atomic E-state index is -0.0279. The summed E-state index contributed by atoms with van der Waals surface area (Å²) in [4.78, 5) is 13.7. The fraction of sp³-hybridized carbons (Fsp3) is 0.900. The number of amides is 1. The van der Waals surface area contributed by atoms with Gasteiger partial charge in [0.1, 0.15) is 0 Å². The van der Waals surface area contributed by atoms with E-state index < -0.39 is 0 Å². The molecule has 1 N–H and O–H groups in total. The Hall–Kier alpha value is -0.220. The summed E-state index contributed by atoms with van der Waals surface area (Å²) in [5, 5.41) is 2.87. The Bertz CT molecular complexity index is 174. The zero-order valence-electron chi connectivity index (χ0n) is 9.58. The highest BCUT2D eigenvalue weighted by Crippen LogP contribution is 2.12. The number of nitrogens with zero attached hydrogens (tertiary/aromatic N) is 1. The highest BCUT2D eigenvalue weighted by Gasteiger charge is 2.25. The van der Waals surface area contributed by atoms with E-state index in [-0.39, 0.29) is 11.9 Å². The average Bonchev–Trinajstić information content (AvgIpc) is 2.14. The molecule has 0 radical (unpaired) electrons. The van der Waals surface area contributed by atoms with E-state index in [9.17, 15) is 4.79 Å². The standard InChI is InChI=1S/C10H22N2OS/c1-5-8(2)9(12(3)4)10(13)11-6-7-14/h8-9,14H,5-7H2,1-4H3,(H,11,13). The summed E-state index contributed by atoms with van der Waals surface area (Å²) in [6.07, 6.45) is 1.01. The molecule has 2 atom stereocenters. The van der Waals surface area contributed by atoms with Crippen molar-refractivity contribution in [2.75, 3.05) is 26.4 Å². The number of hydrogen-bond donors (Lipinski definition) is 2. The molecule has 0 saturated carbocycles. The lowest BCUT2D eigenvalue weighted by Crippen LogP contribution is -2.47. The maximum Gasteiger partial charge on any atom is 0.237 e. The third-order valence-corrected chi connectivity index (χ3v) is 2.64. The van der Waals surface area contributed by atoms with Crippen LogP contribution in [-0.2, 0) is 4.79 Å². The van der Waals surface area contributed by atoms with Gasteiger partial charge >= 0.3 is 0 Å². The maximum absolute atomic E-state index is 11.8. The molecule has 0 aliphatic carbocycles. The van der Waals surface area contributed by atoms with Crippen molar-refractivity contribution in [3.8, 4) is 0 Å². The number of likely N-dealkylation sites (N-methyl/N-ethyl adjacent to an activating group) is 1. The highest BCUT2D eigenvalue weighted by atomic mass is 32.1. The molecule has 3 nitrogen and oxygen atoms in total. The van der Waals surface area contributed by atoms with Crippen LogP contribution in [0.2, 0.25) is 0 Å². The van der Waals surface area contributed by atoms with Crippen molar-refractivity contribution in [2.24, 2.45) is 5.92 Å². The second kappa shape index (κ2) is 7.12. The number of nitrogens with one attached hydrogen (secondary N) is 1. The topological polar surface area (TPSA) is 32.3 Å². The summed E-state index contributed by atoms with van der Waals surface area (Å²) < 4.78 is 0. The van der Waals surface area contributed by atoms with E-state index in [4.69, 9.17) is 0 Å². The van der Waals surface area contributed by atoms with E-state index in [1.165, 1.54) is 0 Å². The Kier molecular flexibility index (Phi) is 7.01. The van der Waals surface area contributed by atoms with Crippen molar-refractivity contribution >= 4 is 18.5 Å². The van der Waals surface area contributed by atoms with E-state index in [1.54, 1.807) is 0 Å². The first-order valence-electron chi connectivity index (χ1n) is 5.09. The molecule has 2 unspecified atom stereocenters. The van der Waals surface area contributed by atoms with Crippen LogP contribution in [0.1, 0.15) is 20.3 Å². The molecular weight excluding hydrogens is 196 g/mol. The van der Waals surface area contributed by atoms with Gasteiger partial charge in [-0.3, -0.25) is 9.69 Å². The van der Waals surface area contributed by atoms with E-state index in [1.807, 2.05) is 19.0 Å². The van der Waals surface area contributed by atoms with Gasteiger partial charge < -0.3 is 5.32 Å². The first-order valence-corrected chi connectivity index (χ1v) is 5.72. The largest absolute Gasteiger partial charge is 0.354 e. The van der Waals surface area contributed by atoms with Crippen molar-refractivity contribution < 1.29 is 4.79 Å². The van der Waals surface area contributed by atoms with Crippen molar-refractivity contribution in [1.29, 1.82) is 0 Å². The summed E-state index contributed by atoms with van der Waals surface area (Å²) in [6.45, 7) is 4.85. The Morgan fingerprint density at radius 3 is 2.43 bits per heavy atom. The predicted molar refractivity (Wildman–Crippen MR) is 63.8 cm³/mol. The minimum Gasteiger partial charge on any atom is -0.354 e. The molecule has 84 valence electrons. The maximum atomic E-state index is 11.8. The van der Waals surface area contributed by atoms with Crippen molar-refractivity contribution in [2.45, 2.75) is 26.3 Å². The van der Waals surface area contributed by atoms with Crippen molar-refractivity contribution in [1.82, 2.24) is 10.2 Å². The van der Waals surface area contributed by atoms with Gasteiger partial charge in [-0.2, -0.15) is 12.6 Å². The molecule has 0 heterocycles. The molecule has 0 aromatic rings. The third-order valence-electron chi connectivity index (χ3n) is 2.42. The first-order chi connectivity index (χ1) is 6.54. The van der Waals surface area contributed by atoms with E-state index in [0.717, 1.165) is 6.42 Å². The monoisotopic (exact) mass is 218 g/mol. The molecule has 0 aromatic heterocycles. The summed E-state index contributed by atoms with van der Waals surface area (Å²) in [5.74, 6) is 1.18. The van der Waals surface area contributed by atoms with Gasteiger partial charge in [-0.15, -0.1) is 0 Å². The Morgan fingerprint density at radius 2 is 2.07 bits per heavy atom. The van der Waals surface area contributed by atoms with E-state index in [2.05, 4.69) is 31.8 Å². The SMILES string of the molecule is CCC(C)C(C(=O)NCCS)N(C)C. The van der Waals surface area contributed by atoms with Gasteiger partial charge in [0.2, 0.25) is 5.91 Å². The van der Waals surface area contributed by atoms with Gasteiger partial charge in [0.15, 0.2) is 0 Å². The first kappa shape index (κ1) is 13.8. The van der Waals surface area contributed by atoms with Crippen LogP contribution in [0.4, 0.5) is 0 Å². The van der Waals surface area contributed by atoms with Crippen LogP contribution in [-0.4, -0.2) is 43.2 Å². The van der Waals surface area contributed by atoms with E-state index >= 15 is 0 Å². The third kappa shape index (κ3) is 4.33.